The first-order chi connectivity index (χ1) is 15.8. The molecule has 0 spiro atoms. The fraction of sp³-hybridized carbons (Fsp3) is 0.417. The molecule has 0 radical (unpaired) electrons. The van der Waals surface area contributed by atoms with Crippen LogP contribution < -0.4 is 0 Å². The van der Waals surface area contributed by atoms with Crippen LogP contribution in [0.25, 0.3) is 0 Å². The predicted octanol–water partition coefficient (Wildman–Crippen LogP) is 3.69. The van der Waals surface area contributed by atoms with E-state index in [4.69, 9.17) is 11.6 Å². The molecule has 1 N–H and O–H groups in total. The van der Waals surface area contributed by atoms with Gasteiger partial charge >= 0.3 is 0 Å². The number of piperidine rings is 1. The van der Waals surface area contributed by atoms with E-state index < -0.39 is 17.2 Å². The highest BCUT2D eigenvalue weighted by atomic mass is 35.5. The fourth-order valence-electron chi connectivity index (χ4n) is 4.60. The van der Waals surface area contributed by atoms with Crippen LogP contribution in [-0.2, 0) is 18.7 Å². The number of aromatic nitrogens is 3. The molecule has 2 heterocycles. The summed E-state index contributed by atoms with van der Waals surface area (Å²) in [6.45, 7) is 2.77. The van der Waals surface area contributed by atoms with E-state index in [0.717, 1.165) is 55.2 Å². The minimum absolute atomic E-state index is 0.00520. The van der Waals surface area contributed by atoms with Crippen LogP contribution in [-0.4, -0.2) is 62.4 Å². The lowest BCUT2D eigenvalue weighted by Gasteiger charge is -2.40. The van der Waals surface area contributed by atoms with Gasteiger partial charge in [-0.05, 0) is 50.7 Å². The molecular formula is C24H28ClF2N5O. The minimum Gasteiger partial charge on any atom is -0.382 e. The van der Waals surface area contributed by atoms with Crippen molar-refractivity contribution < 1.29 is 13.9 Å². The van der Waals surface area contributed by atoms with E-state index in [2.05, 4.69) is 19.9 Å². The van der Waals surface area contributed by atoms with Gasteiger partial charge in [0, 0.05) is 35.8 Å². The first-order valence-electron chi connectivity index (χ1n) is 11.0. The molecular weight excluding hydrogens is 448 g/mol. The van der Waals surface area contributed by atoms with Crippen LogP contribution in [0.5, 0.6) is 0 Å². The number of aliphatic hydroxyl groups is 1. The van der Waals surface area contributed by atoms with Crippen molar-refractivity contribution in [2.75, 3.05) is 26.7 Å². The molecule has 176 valence electrons. The lowest BCUT2D eigenvalue weighted by atomic mass is 9.91. The number of benzene rings is 2. The van der Waals surface area contributed by atoms with Gasteiger partial charge in [0.1, 0.15) is 29.9 Å². The number of likely N-dealkylation sites (tertiary alicyclic amines) is 1. The first kappa shape index (κ1) is 23.8. The Balaban J connectivity index is 1.44. The smallest absolute Gasteiger partial charge is 0.137 e. The molecule has 1 fully saturated rings. The second-order valence-corrected chi connectivity index (χ2v) is 9.17. The van der Waals surface area contributed by atoms with Gasteiger partial charge in [-0.2, -0.15) is 5.10 Å². The second kappa shape index (κ2) is 10.3. The van der Waals surface area contributed by atoms with E-state index in [1.54, 1.807) is 0 Å². The number of hydrogen-bond acceptors (Lipinski definition) is 5. The summed E-state index contributed by atoms with van der Waals surface area (Å²) in [5.74, 6) is -1.46. The Kier molecular flexibility index (Phi) is 7.38. The maximum atomic E-state index is 14.7. The second-order valence-electron chi connectivity index (χ2n) is 8.76. The maximum Gasteiger partial charge on any atom is 0.137 e. The van der Waals surface area contributed by atoms with E-state index >= 15 is 0 Å². The Morgan fingerprint density at radius 1 is 1.18 bits per heavy atom. The van der Waals surface area contributed by atoms with Crippen molar-refractivity contribution in [3.63, 3.8) is 0 Å². The monoisotopic (exact) mass is 475 g/mol. The van der Waals surface area contributed by atoms with Gasteiger partial charge in [0.15, 0.2) is 0 Å². The summed E-state index contributed by atoms with van der Waals surface area (Å²) in [7, 11) is 1.93. The zero-order valence-electron chi connectivity index (χ0n) is 18.5. The molecule has 2 aromatic carbocycles. The fourth-order valence-corrected chi connectivity index (χ4v) is 4.79. The van der Waals surface area contributed by atoms with Crippen LogP contribution in [0.15, 0.2) is 55.1 Å². The van der Waals surface area contributed by atoms with E-state index in [0.29, 0.717) is 0 Å². The van der Waals surface area contributed by atoms with Gasteiger partial charge < -0.3 is 10.0 Å². The molecule has 0 bridgehead atoms. The molecule has 1 aliphatic rings. The molecule has 3 aromatic rings. The summed E-state index contributed by atoms with van der Waals surface area (Å²) >= 11 is 6.31. The van der Waals surface area contributed by atoms with E-state index in [9.17, 15) is 13.9 Å². The van der Waals surface area contributed by atoms with Gasteiger partial charge in [0.05, 0.1) is 6.54 Å². The number of rotatable bonds is 8. The van der Waals surface area contributed by atoms with Crippen molar-refractivity contribution >= 4 is 11.6 Å². The summed E-state index contributed by atoms with van der Waals surface area (Å²) in [6, 6.07) is 11.4. The van der Waals surface area contributed by atoms with Crippen LogP contribution in [0.2, 0.25) is 5.02 Å². The normalized spacial score (nSPS) is 17.4. The summed E-state index contributed by atoms with van der Waals surface area (Å²) in [4.78, 5) is 8.34. The molecule has 1 atom stereocenters. The quantitative estimate of drug-likeness (QED) is 0.538. The molecule has 1 unspecified atom stereocenters. The van der Waals surface area contributed by atoms with Crippen LogP contribution in [0.3, 0.4) is 0 Å². The third kappa shape index (κ3) is 5.76. The van der Waals surface area contributed by atoms with Crippen molar-refractivity contribution in [3.8, 4) is 0 Å². The van der Waals surface area contributed by atoms with Gasteiger partial charge in [-0.1, -0.05) is 35.9 Å². The highest BCUT2D eigenvalue weighted by Crippen LogP contribution is 2.29. The largest absolute Gasteiger partial charge is 0.382 e. The summed E-state index contributed by atoms with van der Waals surface area (Å²) in [5.41, 5.74) is -0.447. The number of halogens is 3. The average Bonchev–Trinajstić information content (AvgIpc) is 3.28. The molecule has 0 saturated carbocycles. The van der Waals surface area contributed by atoms with E-state index in [1.807, 2.05) is 31.3 Å². The molecule has 1 saturated heterocycles. The molecule has 33 heavy (non-hydrogen) atoms. The first-order valence-corrected chi connectivity index (χ1v) is 11.4. The molecule has 4 rings (SSSR count). The maximum absolute atomic E-state index is 14.7. The molecule has 0 aliphatic carbocycles. The van der Waals surface area contributed by atoms with Crippen LogP contribution >= 0.6 is 11.6 Å². The Bertz CT molecular complexity index is 1060. The highest BCUT2D eigenvalue weighted by molar-refractivity contribution is 6.31. The van der Waals surface area contributed by atoms with E-state index in [-0.39, 0.29) is 24.7 Å². The van der Waals surface area contributed by atoms with Crippen molar-refractivity contribution in [2.45, 2.75) is 37.6 Å². The van der Waals surface area contributed by atoms with Gasteiger partial charge in [-0.3, -0.25) is 4.90 Å². The van der Waals surface area contributed by atoms with Gasteiger partial charge in [-0.15, -0.1) is 0 Å². The number of nitrogens with zero attached hydrogens (tertiary/aromatic N) is 5. The van der Waals surface area contributed by atoms with Crippen LogP contribution in [0, 0.1) is 11.6 Å². The standard InChI is InChI=1S/C24H28ClF2N5O/c1-30(20-8-10-31(11-9-20)13-18-4-2-3-5-22(18)25)14-24(33,15-32-17-28-16-29-32)21-7-6-19(26)12-23(21)27/h2-7,12,16-17,20,33H,8-11,13-15H2,1H3. The van der Waals surface area contributed by atoms with Crippen LogP contribution in [0.1, 0.15) is 24.0 Å². The molecule has 0 amide bonds. The van der Waals surface area contributed by atoms with Crippen molar-refractivity contribution in [1.29, 1.82) is 0 Å². The Morgan fingerprint density at radius 3 is 2.61 bits per heavy atom. The van der Waals surface area contributed by atoms with Crippen molar-refractivity contribution in [2.24, 2.45) is 0 Å². The third-order valence-electron chi connectivity index (χ3n) is 6.37. The van der Waals surface area contributed by atoms with Crippen molar-refractivity contribution in [3.05, 3.63) is 82.9 Å². The number of hydrogen-bond donors (Lipinski definition) is 1. The van der Waals surface area contributed by atoms with Crippen molar-refractivity contribution in [1.82, 2.24) is 24.6 Å². The number of likely N-dealkylation sites (N-methyl/N-ethyl adjacent to an activating group) is 1. The Labute approximate surface area is 197 Å². The molecule has 6 nitrogen and oxygen atoms in total. The van der Waals surface area contributed by atoms with Gasteiger partial charge in [0.25, 0.3) is 0 Å². The summed E-state index contributed by atoms with van der Waals surface area (Å²) < 4.78 is 29.6. The highest BCUT2D eigenvalue weighted by Gasteiger charge is 2.37. The molecule has 9 heteroatoms. The Morgan fingerprint density at radius 2 is 1.94 bits per heavy atom. The van der Waals surface area contributed by atoms with Gasteiger partial charge in [-0.25, -0.2) is 18.4 Å². The third-order valence-corrected chi connectivity index (χ3v) is 6.73. The van der Waals surface area contributed by atoms with Crippen LogP contribution in [0.4, 0.5) is 8.78 Å². The SMILES string of the molecule is CN(CC(O)(Cn1cncn1)c1ccc(F)cc1F)C1CCN(Cc2ccccc2Cl)CC1. The summed E-state index contributed by atoms with van der Waals surface area (Å²) in [6.07, 6.45) is 4.65. The lowest BCUT2D eigenvalue weighted by molar-refractivity contribution is -0.0314. The topological polar surface area (TPSA) is 57.4 Å². The zero-order chi connectivity index (χ0) is 23.4. The lowest BCUT2D eigenvalue weighted by Crippen LogP contribution is -2.49. The predicted molar refractivity (Wildman–Crippen MR) is 123 cm³/mol. The van der Waals surface area contributed by atoms with E-state index in [1.165, 1.54) is 23.4 Å². The molecule has 1 aromatic heterocycles. The average molecular weight is 476 g/mol. The summed E-state index contributed by atoms with van der Waals surface area (Å²) in [5, 5.41) is 16.4. The van der Waals surface area contributed by atoms with Gasteiger partial charge in [0.2, 0.25) is 0 Å². The molecule has 1 aliphatic heterocycles. The zero-order valence-corrected chi connectivity index (χ0v) is 19.3. The minimum atomic E-state index is -1.60. The Hall–Kier alpha value is -2.39.